The van der Waals surface area contributed by atoms with E-state index < -0.39 is 10.0 Å². The number of amides is 1. The fourth-order valence-electron chi connectivity index (χ4n) is 2.47. The predicted molar refractivity (Wildman–Crippen MR) is 73.8 cm³/mol. The van der Waals surface area contributed by atoms with Crippen molar-refractivity contribution in [1.82, 2.24) is 9.88 Å². The van der Waals surface area contributed by atoms with Gasteiger partial charge in [-0.3, -0.25) is 4.79 Å². The summed E-state index contributed by atoms with van der Waals surface area (Å²) in [5, 5.41) is 8.03. The van der Waals surface area contributed by atoms with Crippen LogP contribution >= 0.6 is 0 Å². The van der Waals surface area contributed by atoms with Crippen LogP contribution in [0.3, 0.4) is 0 Å². The minimum Gasteiger partial charge on any atom is -0.350 e. The Kier molecular flexibility index (Phi) is 3.33. The van der Waals surface area contributed by atoms with Gasteiger partial charge in [-0.2, -0.15) is 0 Å². The first kappa shape index (κ1) is 13.6. The predicted octanol–water partition coefficient (Wildman–Crippen LogP) is 1.00. The highest BCUT2D eigenvalue weighted by atomic mass is 32.2. The molecule has 0 aromatic carbocycles. The summed E-state index contributed by atoms with van der Waals surface area (Å²) in [5.41, 5.74) is 0.399. The fraction of sp³-hybridized carbons (Fsp3) is 0.615. The minimum absolute atomic E-state index is 0.0122. The number of carbonyl (C=O) groups excluding carboxylic acids is 1. The van der Waals surface area contributed by atoms with Crippen LogP contribution in [-0.2, 0) is 10.0 Å². The molecule has 0 unspecified atom stereocenters. The molecule has 1 heterocycles. The van der Waals surface area contributed by atoms with Crippen molar-refractivity contribution in [3.05, 3.63) is 18.0 Å². The molecule has 7 heteroatoms. The second-order valence-electron chi connectivity index (χ2n) is 5.75. The van der Waals surface area contributed by atoms with E-state index in [1.807, 2.05) is 0 Å². The number of nitrogens with zero attached hydrogens (tertiary/aromatic N) is 1. The lowest BCUT2D eigenvalue weighted by Crippen LogP contribution is -2.33. The van der Waals surface area contributed by atoms with Crippen LogP contribution in [0.4, 0.5) is 0 Å². The van der Waals surface area contributed by atoms with Crippen LogP contribution in [0.1, 0.15) is 48.6 Å². The van der Waals surface area contributed by atoms with Crippen LogP contribution in [0.2, 0.25) is 0 Å². The number of rotatable bonds is 5. The summed E-state index contributed by atoms with van der Waals surface area (Å²) in [7, 11) is -3.77. The average molecular weight is 297 g/mol. The first-order valence-electron chi connectivity index (χ1n) is 6.98. The molecule has 0 aliphatic heterocycles. The Balaban J connectivity index is 1.79. The zero-order chi connectivity index (χ0) is 14.3. The normalized spacial score (nSPS) is 19.6. The molecule has 110 valence electrons. The summed E-state index contributed by atoms with van der Waals surface area (Å²) in [6.07, 6.45) is 6.97. The van der Waals surface area contributed by atoms with Gasteiger partial charge in [0.15, 0.2) is 0 Å². The Bertz CT molecular complexity index is 627. The lowest BCUT2D eigenvalue weighted by Gasteiger charge is -2.25. The molecule has 2 saturated carbocycles. The van der Waals surface area contributed by atoms with E-state index in [1.165, 1.54) is 18.7 Å². The van der Waals surface area contributed by atoms with Gasteiger partial charge in [0, 0.05) is 18.8 Å². The van der Waals surface area contributed by atoms with E-state index in [9.17, 15) is 13.2 Å². The second kappa shape index (κ2) is 4.89. The van der Waals surface area contributed by atoms with Crippen molar-refractivity contribution < 1.29 is 13.2 Å². The summed E-state index contributed by atoms with van der Waals surface area (Å²) in [6.45, 7) is 0.666. The lowest BCUT2D eigenvalue weighted by atomic mass is 9.85. The van der Waals surface area contributed by atoms with E-state index in [2.05, 4.69) is 5.32 Å². The first-order valence-corrected chi connectivity index (χ1v) is 8.52. The highest BCUT2D eigenvalue weighted by Crippen LogP contribution is 2.37. The number of sulfonamides is 1. The average Bonchev–Trinajstić information content (AvgIpc) is 3.04. The zero-order valence-corrected chi connectivity index (χ0v) is 12.0. The third-order valence-electron chi connectivity index (χ3n) is 4.10. The molecule has 2 aliphatic carbocycles. The third kappa shape index (κ3) is 2.73. The molecule has 3 rings (SSSR count). The molecule has 3 N–H and O–H groups in total. The van der Waals surface area contributed by atoms with Crippen molar-refractivity contribution >= 4 is 15.9 Å². The van der Waals surface area contributed by atoms with Gasteiger partial charge in [0.1, 0.15) is 10.6 Å². The van der Waals surface area contributed by atoms with E-state index >= 15 is 0 Å². The van der Waals surface area contributed by atoms with Crippen LogP contribution in [-0.4, -0.2) is 25.4 Å². The highest BCUT2D eigenvalue weighted by molar-refractivity contribution is 7.89. The van der Waals surface area contributed by atoms with Gasteiger partial charge in [-0.05, 0) is 37.7 Å². The van der Waals surface area contributed by atoms with E-state index in [0.29, 0.717) is 18.2 Å². The van der Waals surface area contributed by atoms with Crippen molar-refractivity contribution in [2.75, 3.05) is 6.54 Å². The summed E-state index contributed by atoms with van der Waals surface area (Å²) in [5.74, 6) is 0.361. The van der Waals surface area contributed by atoms with Gasteiger partial charge in [-0.15, -0.1) is 0 Å². The lowest BCUT2D eigenvalue weighted by molar-refractivity contribution is 0.0929. The van der Waals surface area contributed by atoms with Crippen LogP contribution in [0, 0.1) is 5.92 Å². The molecule has 1 aromatic heterocycles. The van der Waals surface area contributed by atoms with Crippen LogP contribution in [0.15, 0.2) is 17.2 Å². The van der Waals surface area contributed by atoms with Gasteiger partial charge in [-0.25, -0.2) is 13.6 Å². The Hall–Kier alpha value is -1.34. The largest absolute Gasteiger partial charge is 0.350 e. The molecule has 0 radical (unpaired) electrons. The van der Waals surface area contributed by atoms with Crippen LogP contribution in [0.25, 0.3) is 0 Å². The number of primary sulfonamides is 1. The monoisotopic (exact) mass is 297 g/mol. The topological polar surface area (TPSA) is 94.2 Å². The van der Waals surface area contributed by atoms with E-state index in [4.69, 9.17) is 5.14 Å². The van der Waals surface area contributed by atoms with Gasteiger partial charge >= 0.3 is 0 Å². The SMILES string of the molecule is NS(=O)(=O)c1cc(C(=O)NCC2CCC2)n(C2CC2)c1. The van der Waals surface area contributed by atoms with E-state index in [-0.39, 0.29) is 16.8 Å². The Morgan fingerprint density at radius 3 is 2.55 bits per heavy atom. The number of carbonyl (C=O) groups is 1. The van der Waals surface area contributed by atoms with E-state index in [0.717, 1.165) is 25.7 Å². The van der Waals surface area contributed by atoms with E-state index in [1.54, 1.807) is 4.57 Å². The first-order chi connectivity index (χ1) is 9.45. The molecular formula is C13H19N3O3S. The molecule has 1 amide bonds. The number of nitrogens with two attached hydrogens (primary N) is 1. The zero-order valence-electron chi connectivity index (χ0n) is 11.2. The number of nitrogens with one attached hydrogen (secondary N) is 1. The van der Waals surface area contributed by atoms with Gasteiger partial charge in [0.2, 0.25) is 10.0 Å². The Labute approximate surface area is 118 Å². The maximum absolute atomic E-state index is 12.2. The summed E-state index contributed by atoms with van der Waals surface area (Å²) >= 11 is 0. The number of hydrogen-bond donors (Lipinski definition) is 2. The molecule has 6 nitrogen and oxygen atoms in total. The van der Waals surface area contributed by atoms with Crippen LogP contribution in [0.5, 0.6) is 0 Å². The molecule has 0 spiro atoms. The molecule has 2 aliphatic rings. The van der Waals surface area contributed by atoms with Crippen molar-refractivity contribution in [2.24, 2.45) is 11.1 Å². The summed E-state index contributed by atoms with van der Waals surface area (Å²) in [6, 6.07) is 1.61. The van der Waals surface area contributed by atoms with Gasteiger partial charge in [-0.1, -0.05) is 6.42 Å². The van der Waals surface area contributed by atoms with Gasteiger partial charge < -0.3 is 9.88 Å². The molecule has 2 fully saturated rings. The van der Waals surface area contributed by atoms with Crippen molar-refractivity contribution in [2.45, 2.75) is 43.0 Å². The summed E-state index contributed by atoms with van der Waals surface area (Å²) in [4.78, 5) is 12.2. The highest BCUT2D eigenvalue weighted by Gasteiger charge is 2.30. The molecule has 0 atom stereocenters. The molecule has 0 bridgehead atoms. The Morgan fingerprint density at radius 2 is 2.05 bits per heavy atom. The molecule has 1 aromatic rings. The maximum atomic E-state index is 12.2. The smallest absolute Gasteiger partial charge is 0.267 e. The number of aromatic nitrogens is 1. The second-order valence-corrected chi connectivity index (χ2v) is 7.31. The van der Waals surface area contributed by atoms with Crippen molar-refractivity contribution in [3.8, 4) is 0 Å². The Morgan fingerprint density at radius 1 is 1.35 bits per heavy atom. The minimum atomic E-state index is -3.77. The summed E-state index contributed by atoms with van der Waals surface area (Å²) < 4.78 is 24.6. The maximum Gasteiger partial charge on any atom is 0.267 e. The van der Waals surface area contributed by atoms with Gasteiger partial charge in [0.25, 0.3) is 5.91 Å². The third-order valence-corrected chi connectivity index (χ3v) is 4.98. The molecular weight excluding hydrogens is 278 g/mol. The van der Waals surface area contributed by atoms with Crippen molar-refractivity contribution in [3.63, 3.8) is 0 Å². The molecule has 20 heavy (non-hydrogen) atoms. The molecule has 0 saturated heterocycles. The fourth-order valence-corrected chi connectivity index (χ4v) is 3.01. The van der Waals surface area contributed by atoms with Crippen molar-refractivity contribution in [1.29, 1.82) is 0 Å². The standard InChI is InChI=1S/C13H19N3O3S/c14-20(18,19)11-6-12(16(8-11)10-4-5-10)13(17)15-7-9-2-1-3-9/h6,8-10H,1-5,7H2,(H,15,17)(H2,14,18,19). The number of hydrogen-bond acceptors (Lipinski definition) is 3. The quantitative estimate of drug-likeness (QED) is 0.849. The van der Waals surface area contributed by atoms with Crippen LogP contribution < -0.4 is 10.5 Å². The van der Waals surface area contributed by atoms with Gasteiger partial charge in [0.05, 0.1) is 0 Å².